The summed E-state index contributed by atoms with van der Waals surface area (Å²) in [5.74, 6) is -0.522. The monoisotopic (exact) mass is 349 g/mol. The van der Waals surface area contributed by atoms with Crippen LogP contribution >= 0.6 is 11.6 Å². The first-order valence-electron chi connectivity index (χ1n) is 6.63. The van der Waals surface area contributed by atoms with Gasteiger partial charge in [0, 0.05) is 16.7 Å². The number of carbonyl (C=O) groups excluding carboxylic acids is 1. The van der Waals surface area contributed by atoms with Gasteiger partial charge in [-0.05, 0) is 30.3 Å². The fourth-order valence-electron chi connectivity index (χ4n) is 1.68. The highest BCUT2D eigenvalue weighted by atomic mass is 35.5. The Morgan fingerprint density at radius 2 is 2.17 bits per heavy atom. The van der Waals surface area contributed by atoms with Crippen molar-refractivity contribution in [1.82, 2.24) is 5.43 Å². The van der Waals surface area contributed by atoms with Crippen molar-refractivity contribution in [1.29, 1.82) is 0 Å². The third kappa shape index (κ3) is 4.96. The Morgan fingerprint density at radius 3 is 2.88 bits per heavy atom. The van der Waals surface area contributed by atoms with E-state index in [2.05, 4.69) is 10.5 Å². The Morgan fingerprint density at radius 1 is 1.38 bits per heavy atom. The normalized spacial score (nSPS) is 10.5. The van der Waals surface area contributed by atoms with E-state index in [1.54, 1.807) is 24.3 Å². The van der Waals surface area contributed by atoms with E-state index >= 15 is 0 Å². The zero-order chi connectivity index (χ0) is 17.5. The van der Waals surface area contributed by atoms with Gasteiger partial charge in [-0.2, -0.15) is 5.10 Å². The van der Waals surface area contributed by atoms with Crippen LogP contribution in [0.3, 0.4) is 0 Å². The van der Waals surface area contributed by atoms with Gasteiger partial charge in [-0.25, -0.2) is 5.43 Å². The molecule has 2 aromatic carbocycles. The average molecular weight is 350 g/mol. The van der Waals surface area contributed by atoms with Crippen LogP contribution in [0, 0.1) is 10.1 Å². The molecule has 2 aromatic rings. The van der Waals surface area contributed by atoms with Gasteiger partial charge in [0.15, 0.2) is 12.4 Å². The minimum absolute atomic E-state index is 0.270. The number of nitro benzene ring substituents is 1. The minimum atomic E-state index is -0.718. The molecule has 0 unspecified atom stereocenters. The summed E-state index contributed by atoms with van der Waals surface area (Å²) >= 11 is 5.79. The van der Waals surface area contributed by atoms with Crippen molar-refractivity contribution in [2.75, 3.05) is 6.61 Å². The SMILES string of the molecule is O=C(COc1cccc(Cl)c1)N/N=C/c1ccc(O)c([N+](=O)[O-])c1. The van der Waals surface area contributed by atoms with Crippen molar-refractivity contribution in [2.45, 2.75) is 0 Å². The molecule has 0 bridgehead atoms. The predicted octanol–water partition coefficient (Wildman–Crippen LogP) is 2.48. The van der Waals surface area contributed by atoms with Crippen molar-refractivity contribution in [3.8, 4) is 11.5 Å². The van der Waals surface area contributed by atoms with Crippen molar-refractivity contribution < 1.29 is 19.6 Å². The lowest BCUT2D eigenvalue weighted by Gasteiger charge is -2.04. The standard InChI is InChI=1S/C15H12ClN3O5/c16-11-2-1-3-12(7-11)24-9-15(21)18-17-8-10-4-5-14(20)13(6-10)19(22)23/h1-8,20H,9H2,(H,18,21)/b17-8+. The highest BCUT2D eigenvalue weighted by molar-refractivity contribution is 6.30. The van der Waals surface area contributed by atoms with Crippen LogP contribution in [0.5, 0.6) is 11.5 Å². The van der Waals surface area contributed by atoms with E-state index in [0.717, 1.165) is 6.07 Å². The molecule has 0 aliphatic rings. The fraction of sp³-hybridized carbons (Fsp3) is 0.0667. The van der Waals surface area contributed by atoms with Crippen LogP contribution in [0.2, 0.25) is 5.02 Å². The number of hydrogen-bond acceptors (Lipinski definition) is 6. The molecule has 0 heterocycles. The van der Waals surface area contributed by atoms with E-state index in [4.69, 9.17) is 16.3 Å². The first-order valence-corrected chi connectivity index (χ1v) is 7.01. The highest BCUT2D eigenvalue weighted by Crippen LogP contribution is 2.25. The quantitative estimate of drug-likeness (QED) is 0.472. The number of amides is 1. The Bertz CT molecular complexity index is 794. The van der Waals surface area contributed by atoms with E-state index in [1.807, 2.05) is 0 Å². The lowest BCUT2D eigenvalue weighted by molar-refractivity contribution is -0.385. The highest BCUT2D eigenvalue weighted by Gasteiger charge is 2.12. The summed E-state index contributed by atoms with van der Waals surface area (Å²) in [4.78, 5) is 21.6. The maximum absolute atomic E-state index is 11.6. The number of hydrogen-bond donors (Lipinski definition) is 2. The van der Waals surface area contributed by atoms with Crippen LogP contribution in [0.4, 0.5) is 5.69 Å². The van der Waals surface area contributed by atoms with E-state index in [1.165, 1.54) is 18.3 Å². The maximum Gasteiger partial charge on any atom is 0.311 e. The molecule has 0 saturated carbocycles. The van der Waals surface area contributed by atoms with Crippen molar-refractivity contribution in [3.63, 3.8) is 0 Å². The van der Waals surface area contributed by atoms with Crippen LogP contribution in [0.1, 0.15) is 5.56 Å². The van der Waals surface area contributed by atoms with Crippen LogP contribution in [-0.4, -0.2) is 28.8 Å². The number of nitrogens with one attached hydrogen (secondary N) is 1. The van der Waals surface area contributed by atoms with E-state index in [9.17, 15) is 20.0 Å². The van der Waals surface area contributed by atoms with Gasteiger partial charge in [-0.1, -0.05) is 17.7 Å². The zero-order valence-electron chi connectivity index (χ0n) is 12.2. The second-order valence-electron chi connectivity index (χ2n) is 4.54. The molecule has 0 atom stereocenters. The topological polar surface area (TPSA) is 114 Å². The van der Waals surface area contributed by atoms with Crippen molar-refractivity contribution in [3.05, 3.63) is 63.2 Å². The molecule has 0 fully saturated rings. The molecule has 0 aromatic heterocycles. The number of nitro groups is 1. The molecule has 2 rings (SSSR count). The van der Waals surface area contributed by atoms with Crippen LogP contribution in [0.25, 0.3) is 0 Å². The summed E-state index contributed by atoms with van der Waals surface area (Å²) in [6, 6.07) is 10.3. The summed E-state index contributed by atoms with van der Waals surface area (Å²) in [7, 11) is 0. The van der Waals surface area contributed by atoms with Gasteiger partial charge in [0.25, 0.3) is 5.91 Å². The molecule has 9 heteroatoms. The third-order valence-corrected chi connectivity index (χ3v) is 3.00. The molecular formula is C15H12ClN3O5. The van der Waals surface area contributed by atoms with Crippen LogP contribution in [-0.2, 0) is 4.79 Å². The number of benzene rings is 2. The van der Waals surface area contributed by atoms with Gasteiger partial charge in [0.05, 0.1) is 11.1 Å². The van der Waals surface area contributed by atoms with Gasteiger partial charge in [0.2, 0.25) is 0 Å². The fourth-order valence-corrected chi connectivity index (χ4v) is 1.86. The van der Waals surface area contributed by atoms with Crippen molar-refractivity contribution >= 4 is 29.4 Å². The van der Waals surface area contributed by atoms with Gasteiger partial charge < -0.3 is 9.84 Å². The van der Waals surface area contributed by atoms with Crippen LogP contribution < -0.4 is 10.2 Å². The summed E-state index contributed by atoms with van der Waals surface area (Å²) < 4.78 is 5.22. The number of rotatable bonds is 6. The molecule has 24 heavy (non-hydrogen) atoms. The largest absolute Gasteiger partial charge is 0.502 e. The number of nitrogens with zero attached hydrogens (tertiary/aromatic N) is 2. The molecule has 0 radical (unpaired) electrons. The lowest BCUT2D eigenvalue weighted by atomic mass is 10.2. The van der Waals surface area contributed by atoms with Gasteiger partial charge >= 0.3 is 5.69 Å². The number of aromatic hydroxyl groups is 1. The lowest BCUT2D eigenvalue weighted by Crippen LogP contribution is -2.24. The van der Waals surface area contributed by atoms with Gasteiger partial charge in [-0.3, -0.25) is 14.9 Å². The summed E-state index contributed by atoms with van der Waals surface area (Å²) in [6.07, 6.45) is 1.21. The van der Waals surface area contributed by atoms with Gasteiger partial charge in [-0.15, -0.1) is 0 Å². The maximum atomic E-state index is 11.6. The molecule has 8 nitrogen and oxygen atoms in total. The molecule has 2 N–H and O–H groups in total. The van der Waals surface area contributed by atoms with E-state index < -0.39 is 22.3 Å². The second kappa shape index (κ2) is 7.93. The first-order chi connectivity index (χ1) is 11.5. The minimum Gasteiger partial charge on any atom is -0.502 e. The Hall–Kier alpha value is -3.13. The van der Waals surface area contributed by atoms with Crippen LogP contribution in [0.15, 0.2) is 47.6 Å². The zero-order valence-corrected chi connectivity index (χ0v) is 12.9. The third-order valence-electron chi connectivity index (χ3n) is 2.77. The van der Waals surface area contributed by atoms with E-state index in [0.29, 0.717) is 16.3 Å². The Kier molecular flexibility index (Phi) is 5.69. The predicted molar refractivity (Wildman–Crippen MR) is 87.4 cm³/mol. The number of phenols is 1. The smallest absolute Gasteiger partial charge is 0.311 e. The van der Waals surface area contributed by atoms with E-state index in [-0.39, 0.29) is 6.61 Å². The average Bonchev–Trinajstić information content (AvgIpc) is 2.54. The molecule has 0 aliphatic heterocycles. The number of ether oxygens (including phenoxy) is 1. The molecule has 0 spiro atoms. The second-order valence-corrected chi connectivity index (χ2v) is 4.98. The summed E-state index contributed by atoms with van der Waals surface area (Å²) in [5, 5.41) is 24.2. The molecular weight excluding hydrogens is 338 g/mol. The molecule has 124 valence electrons. The summed E-state index contributed by atoms with van der Waals surface area (Å²) in [6.45, 7) is -0.270. The Labute approximate surface area is 141 Å². The number of hydrazone groups is 1. The number of phenolic OH excluding ortho intramolecular Hbond substituents is 1. The van der Waals surface area contributed by atoms with Gasteiger partial charge in [0.1, 0.15) is 5.75 Å². The number of halogens is 1. The Balaban J connectivity index is 1.88. The molecule has 0 saturated heterocycles. The number of carbonyl (C=O) groups is 1. The summed E-state index contributed by atoms with van der Waals surface area (Å²) in [5.41, 5.74) is 2.11. The first kappa shape index (κ1) is 17.2. The molecule has 1 amide bonds. The van der Waals surface area contributed by atoms with Crippen molar-refractivity contribution in [2.24, 2.45) is 5.10 Å². The molecule has 0 aliphatic carbocycles.